The second-order valence-corrected chi connectivity index (χ2v) is 8.28. The number of carbonyl (C=O) groups is 1. The zero-order valence-electron chi connectivity index (χ0n) is 19.2. The monoisotopic (exact) mass is 430 g/mol. The maximum absolute atomic E-state index is 10.8. The second kappa shape index (κ2) is 12.5. The summed E-state index contributed by atoms with van der Waals surface area (Å²) in [6.45, 7) is 9.12. The van der Waals surface area contributed by atoms with Crippen molar-refractivity contribution in [1.82, 2.24) is 0 Å². The van der Waals surface area contributed by atoms with Crippen molar-refractivity contribution in [2.75, 3.05) is 33.4 Å². The van der Waals surface area contributed by atoms with E-state index >= 15 is 0 Å². The van der Waals surface area contributed by atoms with Gasteiger partial charge in [-0.2, -0.15) is 4.57 Å². The van der Waals surface area contributed by atoms with Crippen molar-refractivity contribution in [3.05, 3.63) is 65.5 Å². The Balaban J connectivity index is 2.16. The molecule has 2 rings (SSSR count). The standard InChI is InChI=1S/C25H37N2O4/c1-4-27(5-2,18-22-6-8-23(9-7-22)20-31-3)19-24(14-17-28)26-15-12-21(13-16-26)10-11-25(29)30/h6-9,12-13,15-16,24,28H,4-5,10-11,14,17-20H2,1-3H3/q+1/p+1. The first kappa shape index (κ1) is 25.0. The molecule has 1 heterocycles. The van der Waals surface area contributed by atoms with Gasteiger partial charge in [-0.05, 0) is 31.4 Å². The topological polar surface area (TPSA) is 70.6 Å². The zero-order chi connectivity index (χ0) is 22.7. The van der Waals surface area contributed by atoms with Crippen molar-refractivity contribution in [2.45, 2.75) is 52.3 Å². The van der Waals surface area contributed by atoms with Gasteiger partial charge in [0.15, 0.2) is 12.4 Å². The third-order valence-electron chi connectivity index (χ3n) is 6.22. The molecule has 0 aliphatic carbocycles. The lowest BCUT2D eigenvalue weighted by Gasteiger charge is -2.38. The van der Waals surface area contributed by atoms with Crippen molar-refractivity contribution in [3.63, 3.8) is 0 Å². The maximum Gasteiger partial charge on any atom is 0.303 e. The van der Waals surface area contributed by atoms with Crippen LogP contribution >= 0.6 is 0 Å². The van der Waals surface area contributed by atoms with Gasteiger partial charge in [-0.1, -0.05) is 24.3 Å². The first-order chi connectivity index (χ1) is 14.9. The van der Waals surface area contributed by atoms with E-state index < -0.39 is 5.97 Å². The van der Waals surface area contributed by atoms with Gasteiger partial charge < -0.3 is 19.4 Å². The van der Waals surface area contributed by atoms with Gasteiger partial charge in [-0.15, -0.1) is 0 Å². The lowest BCUT2D eigenvalue weighted by atomic mass is 10.1. The molecule has 0 spiro atoms. The number of methoxy groups -OCH3 is 1. The van der Waals surface area contributed by atoms with Crippen LogP contribution in [0.5, 0.6) is 0 Å². The van der Waals surface area contributed by atoms with Gasteiger partial charge >= 0.3 is 5.97 Å². The fourth-order valence-electron chi connectivity index (χ4n) is 4.13. The number of aliphatic hydroxyl groups is 1. The van der Waals surface area contributed by atoms with E-state index in [0.29, 0.717) is 19.4 Å². The molecule has 1 atom stereocenters. The van der Waals surface area contributed by atoms with Crippen LogP contribution in [0.4, 0.5) is 0 Å². The molecule has 2 aromatic rings. The number of likely N-dealkylation sites (N-methyl/N-ethyl adjacent to an activating group) is 1. The molecule has 0 fully saturated rings. The van der Waals surface area contributed by atoms with Gasteiger partial charge in [0.05, 0.1) is 19.7 Å². The second-order valence-electron chi connectivity index (χ2n) is 8.28. The predicted molar refractivity (Wildman–Crippen MR) is 120 cm³/mol. The third kappa shape index (κ3) is 7.73. The number of hydrogen-bond acceptors (Lipinski definition) is 3. The smallest absolute Gasteiger partial charge is 0.303 e. The van der Waals surface area contributed by atoms with Crippen LogP contribution in [0.1, 0.15) is 49.4 Å². The summed E-state index contributed by atoms with van der Waals surface area (Å²) in [7, 11) is 1.71. The minimum atomic E-state index is -0.780. The number of benzene rings is 1. The summed E-state index contributed by atoms with van der Waals surface area (Å²) in [5.41, 5.74) is 3.50. The van der Waals surface area contributed by atoms with E-state index in [1.54, 1.807) is 7.11 Å². The molecule has 2 N–H and O–H groups in total. The van der Waals surface area contributed by atoms with Crippen molar-refractivity contribution in [1.29, 1.82) is 0 Å². The van der Waals surface area contributed by atoms with Crippen LogP contribution < -0.4 is 4.57 Å². The highest BCUT2D eigenvalue weighted by Crippen LogP contribution is 2.20. The molecule has 0 saturated carbocycles. The molecule has 1 aromatic carbocycles. The summed E-state index contributed by atoms with van der Waals surface area (Å²) in [6.07, 6.45) is 5.41. The first-order valence-electron chi connectivity index (χ1n) is 11.2. The minimum Gasteiger partial charge on any atom is -0.481 e. The van der Waals surface area contributed by atoms with Gasteiger partial charge in [0.25, 0.3) is 0 Å². The number of pyridine rings is 1. The Kier molecular flexibility index (Phi) is 10.1. The Morgan fingerprint density at radius 3 is 2.16 bits per heavy atom. The average Bonchev–Trinajstić information content (AvgIpc) is 2.78. The summed E-state index contributed by atoms with van der Waals surface area (Å²) >= 11 is 0. The number of rotatable bonds is 14. The minimum absolute atomic E-state index is 0.136. The number of aliphatic carboxylic acids is 1. The third-order valence-corrected chi connectivity index (χ3v) is 6.22. The Morgan fingerprint density at radius 2 is 1.65 bits per heavy atom. The van der Waals surface area contributed by atoms with E-state index in [0.717, 1.165) is 36.2 Å². The first-order valence-corrected chi connectivity index (χ1v) is 11.2. The number of carboxylic acids is 1. The summed E-state index contributed by atoms with van der Waals surface area (Å²) in [5.74, 6) is -0.780. The molecular formula is C25H38N2O4+2. The molecule has 0 aliphatic rings. The van der Waals surface area contributed by atoms with Crippen LogP contribution in [0, 0.1) is 0 Å². The SMILES string of the molecule is CC[N+](CC)(Cc1ccc(COC)cc1)CC(CCO)[n+]1ccc(CCC(=O)O)cc1. The maximum atomic E-state index is 10.8. The highest BCUT2D eigenvalue weighted by Gasteiger charge is 2.32. The lowest BCUT2D eigenvalue weighted by molar-refractivity contribution is -0.957. The Labute approximate surface area is 186 Å². The molecule has 170 valence electrons. The molecule has 1 aromatic heterocycles. The number of aromatic nitrogens is 1. The molecular weight excluding hydrogens is 392 g/mol. The molecule has 31 heavy (non-hydrogen) atoms. The van der Waals surface area contributed by atoms with Crippen molar-refractivity contribution in [3.8, 4) is 0 Å². The number of hydrogen-bond donors (Lipinski definition) is 2. The highest BCUT2D eigenvalue weighted by molar-refractivity contribution is 5.67. The summed E-state index contributed by atoms with van der Waals surface area (Å²) < 4.78 is 8.32. The molecule has 0 amide bonds. The van der Waals surface area contributed by atoms with Crippen LogP contribution in [0.15, 0.2) is 48.8 Å². The Morgan fingerprint density at radius 1 is 1.03 bits per heavy atom. The number of carboxylic acid groups (broad SMARTS) is 1. The van der Waals surface area contributed by atoms with Crippen molar-refractivity contribution in [2.24, 2.45) is 0 Å². The quantitative estimate of drug-likeness (QED) is 0.357. The van der Waals surface area contributed by atoms with E-state index in [4.69, 9.17) is 9.84 Å². The normalized spacial score (nSPS) is 12.6. The highest BCUT2D eigenvalue weighted by atomic mass is 16.5. The Hall–Kier alpha value is -2.28. The number of aryl methyl sites for hydroxylation is 1. The summed E-state index contributed by atoms with van der Waals surface area (Å²) in [6, 6.07) is 12.8. The molecule has 0 saturated heterocycles. The fourth-order valence-corrected chi connectivity index (χ4v) is 4.13. The van der Waals surface area contributed by atoms with E-state index in [1.165, 1.54) is 11.1 Å². The van der Waals surface area contributed by atoms with E-state index in [9.17, 15) is 9.90 Å². The molecule has 6 heteroatoms. The van der Waals surface area contributed by atoms with Crippen LogP contribution in [-0.2, 0) is 29.1 Å². The molecule has 6 nitrogen and oxygen atoms in total. The van der Waals surface area contributed by atoms with Crippen LogP contribution in [0.2, 0.25) is 0 Å². The lowest BCUT2D eigenvalue weighted by Crippen LogP contribution is -2.55. The number of nitrogens with zero attached hydrogens (tertiary/aromatic N) is 2. The van der Waals surface area contributed by atoms with Gasteiger partial charge in [-0.25, -0.2) is 0 Å². The number of quaternary nitrogens is 1. The predicted octanol–water partition coefficient (Wildman–Crippen LogP) is 3.12. The number of aliphatic hydroxyl groups excluding tert-OH is 1. The van der Waals surface area contributed by atoms with Crippen LogP contribution in [-0.4, -0.2) is 54.0 Å². The zero-order valence-corrected chi connectivity index (χ0v) is 19.2. The fraction of sp³-hybridized carbons (Fsp3) is 0.520. The van der Waals surface area contributed by atoms with Gasteiger partial charge in [-0.3, -0.25) is 4.79 Å². The Bertz CT molecular complexity index is 786. The summed E-state index contributed by atoms with van der Waals surface area (Å²) in [5, 5.41) is 18.6. The molecule has 0 radical (unpaired) electrons. The van der Waals surface area contributed by atoms with Crippen LogP contribution in [0.25, 0.3) is 0 Å². The van der Waals surface area contributed by atoms with E-state index in [-0.39, 0.29) is 19.1 Å². The van der Waals surface area contributed by atoms with Crippen molar-refractivity contribution >= 4 is 5.97 Å². The van der Waals surface area contributed by atoms with Gasteiger partial charge in [0, 0.05) is 44.3 Å². The van der Waals surface area contributed by atoms with Crippen molar-refractivity contribution < 1.29 is 28.8 Å². The summed E-state index contributed by atoms with van der Waals surface area (Å²) in [4.78, 5) is 10.8. The van der Waals surface area contributed by atoms with E-state index in [1.807, 2.05) is 24.5 Å². The molecule has 0 bridgehead atoms. The molecule has 0 aliphatic heterocycles. The average molecular weight is 431 g/mol. The van der Waals surface area contributed by atoms with Gasteiger partial charge in [0.2, 0.25) is 6.04 Å². The number of ether oxygens (including phenoxy) is 1. The largest absolute Gasteiger partial charge is 0.481 e. The van der Waals surface area contributed by atoms with Gasteiger partial charge in [0.1, 0.15) is 13.1 Å². The van der Waals surface area contributed by atoms with E-state index in [2.05, 4.69) is 42.7 Å². The molecule has 1 unspecified atom stereocenters. The van der Waals surface area contributed by atoms with Crippen LogP contribution in [0.3, 0.4) is 0 Å².